The third kappa shape index (κ3) is 4.19. The zero-order valence-corrected chi connectivity index (χ0v) is 12.3. The Morgan fingerprint density at radius 2 is 1.91 bits per heavy atom. The molecule has 0 saturated heterocycles. The predicted octanol–water partition coefficient (Wildman–Crippen LogP) is 2.58. The molecule has 6 nitrogen and oxygen atoms in total. The summed E-state index contributed by atoms with van der Waals surface area (Å²) in [5.74, 6) is -1.80. The molecule has 3 N–H and O–H groups in total. The largest absolute Gasteiger partial charge is 0.497 e. The van der Waals surface area contributed by atoms with Gasteiger partial charge in [-0.1, -0.05) is 12.1 Å². The number of rotatable bonds is 6. The third-order valence-corrected chi connectivity index (χ3v) is 3.04. The summed E-state index contributed by atoms with van der Waals surface area (Å²) in [5, 5.41) is 14.3. The molecule has 1 amide bonds. The van der Waals surface area contributed by atoms with Crippen molar-refractivity contribution >= 4 is 23.3 Å². The summed E-state index contributed by atoms with van der Waals surface area (Å²) < 4.78 is 18.4. The number of carbonyl (C=O) groups excluding carboxylic acids is 1. The SMILES string of the molecule is COc1ccc(NC(=O)CNc2ccccc2F)c(C(=O)O)c1. The number of ether oxygens (including phenoxy) is 1. The number of aromatic carboxylic acids is 1. The van der Waals surface area contributed by atoms with Crippen molar-refractivity contribution < 1.29 is 23.8 Å². The number of nitrogens with one attached hydrogen (secondary N) is 2. The maximum absolute atomic E-state index is 13.4. The molecule has 2 aromatic rings. The smallest absolute Gasteiger partial charge is 0.337 e. The molecule has 0 aliphatic heterocycles. The molecule has 2 aromatic carbocycles. The average Bonchev–Trinajstić information content (AvgIpc) is 2.54. The van der Waals surface area contributed by atoms with E-state index in [9.17, 15) is 19.1 Å². The van der Waals surface area contributed by atoms with E-state index >= 15 is 0 Å². The lowest BCUT2D eigenvalue weighted by molar-refractivity contribution is -0.114. The predicted molar refractivity (Wildman–Crippen MR) is 83.5 cm³/mol. The highest BCUT2D eigenvalue weighted by molar-refractivity contribution is 6.01. The zero-order valence-electron chi connectivity index (χ0n) is 12.3. The monoisotopic (exact) mass is 318 g/mol. The van der Waals surface area contributed by atoms with Gasteiger partial charge in [0.2, 0.25) is 5.91 Å². The lowest BCUT2D eigenvalue weighted by Crippen LogP contribution is -2.23. The van der Waals surface area contributed by atoms with Gasteiger partial charge in [-0.05, 0) is 30.3 Å². The van der Waals surface area contributed by atoms with E-state index in [4.69, 9.17) is 4.74 Å². The van der Waals surface area contributed by atoms with Crippen LogP contribution in [0.1, 0.15) is 10.4 Å². The molecular weight excluding hydrogens is 303 g/mol. The molecule has 0 spiro atoms. The number of benzene rings is 2. The average molecular weight is 318 g/mol. The van der Waals surface area contributed by atoms with Crippen molar-refractivity contribution in [1.29, 1.82) is 0 Å². The summed E-state index contributed by atoms with van der Waals surface area (Å²) in [5.41, 5.74) is 0.234. The van der Waals surface area contributed by atoms with Crippen LogP contribution in [0.15, 0.2) is 42.5 Å². The van der Waals surface area contributed by atoms with E-state index in [1.54, 1.807) is 6.07 Å². The van der Waals surface area contributed by atoms with Crippen LogP contribution in [0.4, 0.5) is 15.8 Å². The minimum Gasteiger partial charge on any atom is -0.497 e. The van der Waals surface area contributed by atoms with Gasteiger partial charge < -0.3 is 20.5 Å². The summed E-state index contributed by atoms with van der Waals surface area (Å²) in [6.07, 6.45) is 0. The Bertz CT molecular complexity index is 734. The molecule has 0 saturated carbocycles. The van der Waals surface area contributed by atoms with Gasteiger partial charge in [-0.2, -0.15) is 0 Å². The minimum atomic E-state index is -1.19. The Hall–Kier alpha value is -3.09. The third-order valence-electron chi connectivity index (χ3n) is 3.04. The fourth-order valence-electron chi connectivity index (χ4n) is 1.91. The molecule has 0 radical (unpaired) electrons. The number of halogens is 1. The fourth-order valence-corrected chi connectivity index (χ4v) is 1.91. The van der Waals surface area contributed by atoms with Gasteiger partial charge in [-0.25, -0.2) is 9.18 Å². The van der Waals surface area contributed by atoms with Gasteiger partial charge in [-0.15, -0.1) is 0 Å². The van der Waals surface area contributed by atoms with Crippen molar-refractivity contribution in [1.82, 2.24) is 0 Å². The minimum absolute atomic E-state index is 0.0939. The maximum atomic E-state index is 13.4. The standard InChI is InChI=1S/C16H15FN2O4/c1-23-10-6-7-13(11(8-10)16(21)22)19-15(20)9-18-14-5-3-2-4-12(14)17/h2-8,18H,9H2,1H3,(H,19,20)(H,21,22). The van der Waals surface area contributed by atoms with Crippen LogP contribution in [0.5, 0.6) is 5.75 Å². The normalized spacial score (nSPS) is 10.0. The lowest BCUT2D eigenvalue weighted by atomic mass is 10.1. The van der Waals surface area contributed by atoms with Gasteiger partial charge in [0, 0.05) is 0 Å². The lowest BCUT2D eigenvalue weighted by Gasteiger charge is -2.11. The second-order valence-corrected chi connectivity index (χ2v) is 4.60. The first kappa shape index (κ1) is 16.3. The number of carboxylic acids is 1. The number of para-hydroxylation sites is 1. The molecule has 7 heteroatoms. The molecular formula is C16H15FN2O4. The summed E-state index contributed by atoms with van der Waals surface area (Å²) in [7, 11) is 1.41. The van der Waals surface area contributed by atoms with Gasteiger partial charge in [0.25, 0.3) is 0 Å². The second kappa shape index (κ2) is 7.26. The van der Waals surface area contributed by atoms with Gasteiger partial charge >= 0.3 is 5.97 Å². The highest BCUT2D eigenvalue weighted by Crippen LogP contribution is 2.22. The van der Waals surface area contributed by atoms with Crippen molar-refractivity contribution in [3.05, 3.63) is 53.8 Å². The Kier molecular flexibility index (Phi) is 5.14. The number of hydrogen-bond acceptors (Lipinski definition) is 4. The van der Waals surface area contributed by atoms with Crippen LogP contribution in [0.25, 0.3) is 0 Å². The van der Waals surface area contributed by atoms with Crippen molar-refractivity contribution in [2.75, 3.05) is 24.3 Å². The first-order chi connectivity index (χ1) is 11.0. The molecule has 0 aliphatic rings. The molecule has 120 valence electrons. The van der Waals surface area contributed by atoms with E-state index in [0.717, 1.165) is 0 Å². The number of carbonyl (C=O) groups is 2. The second-order valence-electron chi connectivity index (χ2n) is 4.60. The highest BCUT2D eigenvalue weighted by atomic mass is 19.1. The van der Waals surface area contributed by atoms with Gasteiger partial charge in [0.1, 0.15) is 11.6 Å². The van der Waals surface area contributed by atoms with Crippen molar-refractivity contribution in [2.24, 2.45) is 0 Å². The molecule has 0 atom stereocenters. The molecule has 2 rings (SSSR count). The van der Waals surface area contributed by atoms with Crippen LogP contribution in [0.3, 0.4) is 0 Å². The molecule has 0 heterocycles. The van der Waals surface area contributed by atoms with E-state index in [2.05, 4.69) is 10.6 Å². The van der Waals surface area contributed by atoms with Gasteiger partial charge in [0.05, 0.1) is 30.6 Å². The Morgan fingerprint density at radius 1 is 1.17 bits per heavy atom. The van der Waals surface area contributed by atoms with Crippen LogP contribution in [-0.2, 0) is 4.79 Å². The molecule has 0 aromatic heterocycles. The summed E-state index contributed by atoms with van der Waals surface area (Å²) in [4.78, 5) is 23.1. The summed E-state index contributed by atoms with van der Waals surface area (Å²) in [6.45, 7) is -0.202. The van der Waals surface area contributed by atoms with Gasteiger partial charge in [0.15, 0.2) is 0 Å². The molecule has 0 aliphatic carbocycles. The van der Waals surface area contributed by atoms with Crippen molar-refractivity contribution in [3.8, 4) is 5.75 Å². The zero-order chi connectivity index (χ0) is 16.8. The Balaban J connectivity index is 2.05. The van der Waals surface area contributed by atoms with Crippen molar-refractivity contribution in [2.45, 2.75) is 0 Å². The Morgan fingerprint density at radius 3 is 2.57 bits per heavy atom. The molecule has 23 heavy (non-hydrogen) atoms. The summed E-state index contributed by atoms with van der Waals surface area (Å²) >= 11 is 0. The van der Waals surface area contributed by atoms with Crippen molar-refractivity contribution in [3.63, 3.8) is 0 Å². The highest BCUT2D eigenvalue weighted by Gasteiger charge is 2.14. The number of carboxylic acid groups (broad SMARTS) is 1. The van der Waals surface area contributed by atoms with E-state index in [-0.39, 0.29) is 23.5 Å². The van der Waals surface area contributed by atoms with Crippen LogP contribution in [-0.4, -0.2) is 30.6 Å². The van der Waals surface area contributed by atoms with E-state index in [1.807, 2.05) is 0 Å². The van der Waals surface area contributed by atoms with Crippen LogP contribution in [0, 0.1) is 5.82 Å². The topological polar surface area (TPSA) is 87.7 Å². The maximum Gasteiger partial charge on any atom is 0.337 e. The fraction of sp³-hybridized carbons (Fsp3) is 0.125. The number of hydrogen-bond donors (Lipinski definition) is 3. The van der Waals surface area contributed by atoms with E-state index in [1.165, 1.54) is 43.5 Å². The molecule has 0 bridgehead atoms. The first-order valence-corrected chi connectivity index (χ1v) is 6.71. The first-order valence-electron chi connectivity index (χ1n) is 6.71. The number of amides is 1. The van der Waals surface area contributed by atoms with Crippen LogP contribution < -0.4 is 15.4 Å². The summed E-state index contributed by atoms with van der Waals surface area (Å²) in [6, 6.07) is 10.2. The molecule has 0 fully saturated rings. The van der Waals surface area contributed by atoms with Crippen LogP contribution >= 0.6 is 0 Å². The number of anilines is 2. The van der Waals surface area contributed by atoms with E-state index in [0.29, 0.717) is 5.75 Å². The molecule has 0 unspecified atom stereocenters. The van der Waals surface area contributed by atoms with Gasteiger partial charge in [-0.3, -0.25) is 4.79 Å². The number of methoxy groups -OCH3 is 1. The van der Waals surface area contributed by atoms with Crippen LogP contribution in [0.2, 0.25) is 0 Å². The van der Waals surface area contributed by atoms with E-state index < -0.39 is 17.7 Å². The quantitative estimate of drug-likeness (QED) is 0.762. The Labute approximate surface area is 131 Å².